The van der Waals surface area contributed by atoms with E-state index in [1.807, 2.05) is 39.0 Å². The van der Waals surface area contributed by atoms with Crippen LogP contribution in [0.3, 0.4) is 0 Å². The summed E-state index contributed by atoms with van der Waals surface area (Å²) in [5.74, 6) is 0.427. The molecule has 0 radical (unpaired) electrons. The van der Waals surface area contributed by atoms with E-state index in [1.54, 1.807) is 0 Å². The Balaban J connectivity index is -0.0000000303. The highest BCUT2D eigenvalue weighted by molar-refractivity contribution is 5.55. The number of benzene rings is 1. The van der Waals surface area contributed by atoms with E-state index in [0.29, 0.717) is 5.92 Å². The SMILES string of the molecule is C.C.C.C.C.C.CC.CC(C=O)C(C)c1ccccc1.CO. The van der Waals surface area contributed by atoms with E-state index in [2.05, 4.69) is 19.1 Å². The van der Waals surface area contributed by atoms with E-state index in [4.69, 9.17) is 5.11 Å². The Morgan fingerprint density at radius 2 is 1.14 bits per heavy atom. The molecule has 0 heterocycles. The second kappa shape index (κ2) is 36.8. The van der Waals surface area contributed by atoms with Crippen LogP contribution in [0.4, 0.5) is 0 Å². The summed E-state index contributed by atoms with van der Waals surface area (Å²) in [6.07, 6.45) is 1.01. The molecule has 1 N–H and O–H groups in total. The van der Waals surface area contributed by atoms with Gasteiger partial charge in [-0.3, -0.25) is 0 Å². The van der Waals surface area contributed by atoms with Gasteiger partial charge in [0, 0.05) is 13.0 Å². The lowest BCUT2D eigenvalue weighted by Gasteiger charge is -2.13. The largest absolute Gasteiger partial charge is 0.400 e. The molecule has 0 saturated carbocycles. The fraction of sp³-hybridized carbons (Fsp3) is 0.650. The summed E-state index contributed by atoms with van der Waals surface area (Å²) >= 11 is 0. The maximum atomic E-state index is 10.5. The van der Waals surface area contributed by atoms with E-state index in [9.17, 15) is 4.79 Å². The van der Waals surface area contributed by atoms with E-state index in [1.165, 1.54) is 5.56 Å². The summed E-state index contributed by atoms with van der Waals surface area (Å²) in [5.41, 5.74) is 1.23. The van der Waals surface area contributed by atoms with Crippen molar-refractivity contribution in [1.82, 2.24) is 0 Å². The van der Waals surface area contributed by atoms with Gasteiger partial charge in [-0.1, -0.05) is 103 Å². The topological polar surface area (TPSA) is 37.3 Å². The molecule has 1 rings (SSSR count). The first-order valence-electron chi connectivity index (χ1n) is 5.70. The maximum absolute atomic E-state index is 10.5. The molecular formula is C20H48O2. The summed E-state index contributed by atoms with van der Waals surface area (Å²) in [6, 6.07) is 10.1. The summed E-state index contributed by atoms with van der Waals surface area (Å²) in [6.45, 7) is 8.03. The second-order valence-corrected chi connectivity index (χ2v) is 3.19. The van der Waals surface area contributed by atoms with Crippen LogP contribution in [0.1, 0.15) is 83.7 Å². The number of rotatable bonds is 3. The molecule has 0 aliphatic rings. The third kappa shape index (κ3) is 21.2. The summed E-state index contributed by atoms with van der Waals surface area (Å²) in [5, 5.41) is 7.00. The number of aliphatic hydroxyl groups is 1. The van der Waals surface area contributed by atoms with Crippen LogP contribution >= 0.6 is 0 Å². The van der Waals surface area contributed by atoms with Crippen LogP contribution in [0.2, 0.25) is 0 Å². The van der Waals surface area contributed by atoms with E-state index in [0.717, 1.165) is 13.4 Å². The fourth-order valence-electron chi connectivity index (χ4n) is 1.18. The van der Waals surface area contributed by atoms with E-state index < -0.39 is 0 Å². The Hall–Kier alpha value is -1.15. The standard InChI is InChI=1S/C11H14O.C2H6.CH4O.6CH4/c1-9(8-12)10(2)11-6-4-3-5-7-11;2*1-2;;;;;;/h3-10H,1-2H3;1-2H3;2H,1H3;6*1H4. The van der Waals surface area contributed by atoms with E-state index >= 15 is 0 Å². The van der Waals surface area contributed by atoms with Crippen LogP contribution in [0.25, 0.3) is 0 Å². The first-order chi connectivity index (χ1) is 7.75. The molecular weight excluding hydrogens is 272 g/mol. The molecule has 2 heteroatoms. The molecule has 0 saturated heterocycles. The summed E-state index contributed by atoms with van der Waals surface area (Å²) < 4.78 is 0. The van der Waals surface area contributed by atoms with Crippen molar-refractivity contribution in [1.29, 1.82) is 0 Å². The number of aliphatic hydroxyl groups excluding tert-OH is 1. The lowest BCUT2D eigenvalue weighted by atomic mass is 9.90. The highest BCUT2D eigenvalue weighted by atomic mass is 16.2. The van der Waals surface area contributed by atoms with Crippen molar-refractivity contribution in [2.24, 2.45) is 5.92 Å². The third-order valence-corrected chi connectivity index (χ3v) is 2.33. The molecule has 0 spiro atoms. The van der Waals surface area contributed by atoms with Gasteiger partial charge in [-0.05, 0) is 11.5 Å². The lowest BCUT2D eigenvalue weighted by molar-refractivity contribution is -0.111. The number of hydrogen-bond donors (Lipinski definition) is 1. The average molecular weight is 321 g/mol. The molecule has 1 aromatic carbocycles. The van der Waals surface area contributed by atoms with Crippen molar-refractivity contribution < 1.29 is 9.90 Å². The minimum atomic E-state index is 0. The molecule has 0 aliphatic carbocycles. The van der Waals surface area contributed by atoms with Crippen molar-refractivity contribution in [2.45, 2.75) is 78.2 Å². The Morgan fingerprint density at radius 3 is 1.41 bits per heavy atom. The number of carbonyl (C=O) groups excluding carboxylic acids is 1. The van der Waals surface area contributed by atoms with Gasteiger partial charge in [0.2, 0.25) is 0 Å². The van der Waals surface area contributed by atoms with Gasteiger partial charge in [-0.25, -0.2) is 0 Å². The molecule has 0 aromatic heterocycles. The van der Waals surface area contributed by atoms with E-state index in [-0.39, 0.29) is 50.5 Å². The number of aldehydes is 1. The average Bonchev–Trinajstić information content (AvgIpc) is 2.42. The molecule has 0 bridgehead atoms. The zero-order chi connectivity index (χ0) is 13.0. The molecule has 2 nitrogen and oxygen atoms in total. The molecule has 140 valence electrons. The maximum Gasteiger partial charge on any atom is 0.123 e. The smallest absolute Gasteiger partial charge is 0.123 e. The van der Waals surface area contributed by atoms with Crippen molar-refractivity contribution in [3.8, 4) is 0 Å². The van der Waals surface area contributed by atoms with Crippen LogP contribution < -0.4 is 0 Å². The van der Waals surface area contributed by atoms with Crippen molar-refractivity contribution in [3.63, 3.8) is 0 Å². The summed E-state index contributed by atoms with van der Waals surface area (Å²) in [4.78, 5) is 10.5. The van der Waals surface area contributed by atoms with Crippen molar-refractivity contribution in [2.75, 3.05) is 7.11 Å². The highest BCUT2D eigenvalue weighted by Gasteiger charge is 2.11. The van der Waals surface area contributed by atoms with Crippen molar-refractivity contribution in [3.05, 3.63) is 35.9 Å². The quantitative estimate of drug-likeness (QED) is 0.604. The highest BCUT2D eigenvalue weighted by Crippen LogP contribution is 2.21. The lowest BCUT2D eigenvalue weighted by Crippen LogP contribution is -2.06. The van der Waals surface area contributed by atoms with Gasteiger partial charge in [0.1, 0.15) is 6.29 Å². The normalized spacial score (nSPS) is 8.82. The van der Waals surface area contributed by atoms with Crippen LogP contribution in [0, 0.1) is 5.92 Å². The first kappa shape index (κ1) is 49.8. The van der Waals surface area contributed by atoms with Gasteiger partial charge in [0.25, 0.3) is 0 Å². The van der Waals surface area contributed by atoms with Crippen molar-refractivity contribution >= 4 is 6.29 Å². The minimum Gasteiger partial charge on any atom is -0.400 e. The molecule has 2 atom stereocenters. The molecule has 0 amide bonds. The monoisotopic (exact) mass is 320 g/mol. The molecule has 22 heavy (non-hydrogen) atoms. The first-order valence-corrected chi connectivity index (χ1v) is 5.70. The Kier molecular flexibility index (Phi) is 83.2. The fourth-order valence-corrected chi connectivity index (χ4v) is 1.18. The Morgan fingerprint density at radius 1 is 0.818 bits per heavy atom. The zero-order valence-electron chi connectivity index (χ0n) is 11.0. The zero-order valence-corrected chi connectivity index (χ0v) is 11.0. The number of hydrogen-bond acceptors (Lipinski definition) is 2. The van der Waals surface area contributed by atoms with Gasteiger partial charge in [-0.2, -0.15) is 0 Å². The Bertz CT molecular complexity index is 245. The van der Waals surface area contributed by atoms with Crippen LogP contribution in [0.5, 0.6) is 0 Å². The predicted molar refractivity (Wildman–Crippen MR) is 110 cm³/mol. The molecule has 1 aromatic rings. The molecule has 2 unspecified atom stereocenters. The van der Waals surface area contributed by atoms with Crippen LogP contribution in [0.15, 0.2) is 30.3 Å². The number of carbonyl (C=O) groups is 1. The predicted octanol–water partition coefficient (Wildman–Crippen LogP) is 7.08. The van der Waals surface area contributed by atoms with Gasteiger partial charge in [-0.15, -0.1) is 0 Å². The second-order valence-electron chi connectivity index (χ2n) is 3.19. The van der Waals surface area contributed by atoms with Gasteiger partial charge in [0.05, 0.1) is 0 Å². The molecule has 0 fully saturated rings. The summed E-state index contributed by atoms with van der Waals surface area (Å²) in [7, 11) is 1.00. The van der Waals surface area contributed by atoms with Crippen LogP contribution in [-0.2, 0) is 4.79 Å². The molecule has 0 aliphatic heterocycles. The van der Waals surface area contributed by atoms with Crippen LogP contribution in [-0.4, -0.2) is 18.5 Å². The van der Waals surface area contributed by atoms with Gasteiger partial charge >= 0.3 is 0 Å². The third-order valence-electron chi connectivity index (χ3n) is 2.33. The Labute approximate surface area is 144 Å². The minimum absolute atomic E-state index is 0. The van der Waals surface area contributed by atoms with Gasteiger partial charge in [0.15, 0.2) is 0 Å². The van der Waals surface area contributed by atoms with Gasteiger partial charge < -0.3 is 9.90 Å².